The molecule has 0 saturated carbocycles. The van der Waals surface area contributed by atoms with Crippen molar-refractivity contribution in [1.29, 1.82) is 0 Å². The highest BCUT2D eigenvalue weighted by Crippen LogP contribution is 2.21. The van der Waals surface area contributed by atoms with Crippen LogP contribution in [0, 0.1) is 6.92 Å². The van der Waals surface area contributed by atoms with Gasteiger partial charge in [0.1, 0.15) is 6.73 Å². The Morgan fingerprint density at radius 3 is 2.56 bits per heavy atom. The lowest BCUT2D eigenvalue weighted by Crippen LogP contribution is -2.01. The number of hydrogen-bond acceptors (Lipinski definition) is 1. The third kappa shape index (κ3) is 2.34. The first-order valence-corrected chi connectivity index (χ1v) is 5.61. The Morgan fingerprint density at radius 2 is 1.88 bits per heavy atom. The number of aryl methyl sites for hydroxylation is 1. The van der Waals surface area contributed by atoms with Gasteiger partial charge in [-0.25, -0.2) is 0 Å². The van der Waals surface area contributed by atoms with Gasteiger partial charge in [-0.2, -0.15) is 0 Å². The monoisotopic (exact) mass is 215 g/mol. The van der Waals surface area contributed by atoms with Crippen LogP contribution in [0.15, 0.2) is 42.6 Å². The zero-order chi connectivity index (χ0) is 11.4. The SMILES string of the molecule is CCOCn1cc(-c2ccccc2)cc1C. The van der Waals surface area contributed by atoms with Crippen LogP contribution in [0.1, 0.15) is 12.6 Å². The van der Waals surface area contributed by atoms with E-state index in [9.17, 15) is 0 Å². The first kappa shape index (κ1) is 11.0. The molecule has 1 aromatic carbocycles. The second kappa shape index (κ2) is 4.99. The molecule has 0 aliphatic heterocycles. The first-order valence-electron chi connectivity index (χ1n) is 5.61. The third-order valence-electron chi connectivity index (χ3n) is 2.65. The molecular weight excluding hydrogens is 198 g/mol. The Labute approximate surface area is 96.5 Å². The van der Waals surface area contributed by atoms with E-state index in [0.717, 1.165) is 6.61 Å². The van der Waals surface area contributed by atoms with Crippen LogP contribution in [0.5, 0.6) is 0 Å². The van der Waals surface area contributed by atoms with Crippen molar-refractivity contribution >= 4 is 0 Å². The maximum atomic E-state index is 5.41. The molecule has 84 valence electrons. The minimum atomic E-state index is 0.634. The first-order chi connectivity index (χ1) is 7.81. The maximum absolute atomic E-state index is 5.41. The van der Waals surface area contributed by atoms with E-state index in [4.69, 9.17) is 4.74 Å². The largest absolute Gasteiger partial charge is 0.361 e. The van der Waals surface area contributed by atoms with Crippen molar-refractivity contribution in [3.05, 3.63) is 48.3 Å². The van der Waals surface area contributed by atoms with Gasteiger partial charge in [-0.3, -0.25) is 0 Å². The fourth-order valence-corrected chi connectivity index (χ4v) is 1.73. The molecule has 2 aromatic rings. The summed E-state index contributed by atoms with van der Waals surface area (Å²) in [6, 6.07) is 12.6. The molecule has 0 bridgehead atoms. The van der Waals surface area contributed by atoms with Crippen molar-refractivity contribution in [2.75, 3.05) is 6.61 Å². The van der Waals surface area contributed by atoms with Crippen LogP contribution in [-0.4, -0.2) is 11.2 Å². The number of ether oxygens (including phenoxy) is 1. The van der Waals surface area contributed by atoms with Gasteiger partial charge in [-0.15, -0.1) is 0 Å². The normalized spacial score (nSPS) is 10.6. The van der Waals surface area contributed by atoms with E-state index >= 15 is 0 Å². The van der Waals surface area contributed by atoms with Crippen molar-refractivity contribution in [1.82, 2.24) is 4.57 Å². The molecule has 2 nitrogen and oxygen atoms in total. The van der Waals surface area contributed by atoms with Gasteiger partial charge in [0.2, 0.25) is 0 Å². The third-order valence-corrected chi connectivity index (χ3v) is 2.65. The van der Waals surface area contributed by atoms with Crippen LogP contribution in [0.2, 0.25) is 0 Å². The van der Waals surface area contributed by atoms with Gasteiger partial charge in [0, 0.05) is 18.5 Å². The van der Waals surface area contributed by atoms with E-state index < -0.39 is 0 Å². The van der Waals surface area contributed by atoms with Crippen LogP contribution in [0.25, 0.3) is 11.1 Å². The molecule has 0 atom stereocenters. The van der Waals surface area contributed by atoms with Gasteiger partial charge in [-0.05, 0) is 31.0 Å². The van der Waals surface area contributed by atoms with Crippen molar-refractivity contribution in [3.8, 4) is 11.1 Å². The summed E-state index contributed by atoms with van der Waals surface area (Å²) in [4.78, 5) is 0. The van der Waals surface area contributed by atoms with Gasteiger partial charge in [0.05, 0.1) is 0 Å². The molecule has 2 rings (SSSR count). The molecule has 1 aromatic heterocycles. The Bertz CT molecular complexity index is 445. The summed E-state index contributed by atoms with van der Waals surface area (Å²) in [6.45, 7) is 5.50. The molecule has 0 saturated heterocycles. The lowest BCUT2D eigenvalue weighted by molar-refractivity contribution is 0.0869. The van der Waals surface area contributed by atoms with Gasteiger partial charge < -0.3 is 9.30 Å². The molecule has 1 heterocycles. The Kier molecular flexibility index (Phi) is 3.42. The minimum Gasteiger partial charge on any atom is -0.361 e. The molecule has 0 unspecified atom stereocenters. The summed E-state index contributed by atoms with van der Waals surface area (Å²) in [6.07, 6.45) is 2.14. The van der Waals surface area contributed by atoms with Crippen molar-refractivity contribution in [3.63, 3.8) is 0 Å². The number of aromatic nitrogens is 1. The number of benzene rings is 1. The summed E-state index contributed by atoms with van der Waals surface area (Å²) >= 11 is 0. The summed E-state index contributed by atoms with van der Waals surface area (Å²) in [5.74, 6) is 0. The van der Waals surface area contributed by atoms with E-state index in [2.05, 4.69) is 48.0 Å². The lowest BCUT2D eigenvalue weighted by atomic mass is 10.1. The van der Waals surface area contributed by atoms with Crippen LogP contribution in [0.4, 0.5) is 0 Å². The van der Waals surface area contributed by atoms with E-state index in [-0.39, 0.29) is 0 Å². The number of nitrogens with zero attached hydrogens (tertiary/aromatic N) is 1. The highest BCUT2D eigenvalue weighted by molar-refractivity contribution is 5.63. The number of rotatable bonds is 4. The molecule has 0 aliphatic rings. The molecule has 16 heavy (non-hydrogen) atoms. The number of hydrogen-bond donors (Lipinski definition) is 0. The van der Waals surface area contributed by atoms with E-state index in [1.165, 1.54) is 16.8 Å². The topological polar surface area (TPSA) is 14.2 Å². The molecule has 0 amide bonds. The molecule has 0 N–H and O–H groups in total. The summed E-state index contributed by atoms with van der Waals surface area (Å²) in [5, 5.41) is 0. The van der Waals surface area contributed by atoms with Crippen LogP contribution >= 0.6 is 0 Å². The molecular formula is C14H17NO. The van der Waals surface area contributed by atoms with Crippen molar-refractivity contribution < 1.29 is 4.74 Å². The maximum Gasteiger partial charge on any atom is 0.122 e. The smallest absolute Gasteiger partial charge is 0.122 e. The Hall–Kier alpha value is -1.54. The zero-order valence-corrected chi connectivity index (χ0v) is 9.81. The molecule has 2 heteroatoms. The van der Waals surface area contributed by atoms with Gasteiger partial charge in [-0.1, -0.05) is 30.3 Å². The van der Waals surface area contributed by atoms with E-state index in [1.807, 2.05) is 13.0 Å². The van der Waals surface area contributed by atoms with E-state index in [1.54, 1.807) is 0 Å². The highest BCUT2D eigenvalue weighted by atomic mass is 16.5. The highest BCUT2D eigenvalue weighted by Gasteiger charge is 2.03. The average Bonchev–Trinajstić information content (AvgIpc) is 2.69. The zero-order valence-electron chi connectivity index (χ0n) is 9.81. The van der Waals surface area contributed by atoms with Gasteiger partial charge in [0.25, 0.3) is 0 Å². The minimum absolute atomic E-state index is 0.634. The van der Waals surface area contributed by atoms with Crippen LogP contribution in [-0.2, 0) is 11.5 Å². The Morgan fingerprint density at radius 1 is 1.12 bits per heavy atom. The fourth-order valence-electron chi connectivity index (χ4n) is 1.73. The van der Waals surface area contributed by atoms with Crippen LogP contribution < -0.4 is 0 Å². The molecule has 0 radical (unpaired) electrons. The summed E-state index contributed by atoms with van der Waals surface area (Å²) in [7, 11) is 0. The van der Waals surface area contributed by atoms with Gasteiger partial charge in [0.15, 0.2) is 0 Å². The second-order valence-corrected chi connectivity index (χ2v) is 3.83. The van der Waals surface area contributed by atoms with Crippen molar-refractivity contribution in [2.45, 2.75) is 20.6 Å². The average molecular weight is 215 g/mol. The quantitative estimate of drug-likeness (QED) is 0.761. The summed E-state index contributed by atoms with van der Waals surface area (Å²) < 4.78 is 7.54. The Balaban J connectivity index is 2.24. The van der Waals surface area contributed by atoms with Crippen molar-refractivity contribution in [2.24, 2.45) is 0 Å². The molecule has 0 spiro atoms. The lowest BCUT2D eigenvalue weighted by Gasteiger charge is -2.04. The molecule has 0 aliphatic carbocycles. The predicted molar refractivity (Wildman–Crippen MR) is 66.2 cm³/mol. The predicted octanol–water partition coefficient (Wildman–Crippen LogP) is 3.46. The molecule has 0 fully saturated rings. The van der Waals surface area contributed by atoms with Crippen LogP contribution in [0.3, 0.4) is 0 Å². The second-order valence-electron chi connectivity index (χ2n) is 3.83. The summed E-state index contributed by atoms with van der Waals surface area (Å²) in [5.41, 5.74) is 3.73. The van der Waals surface area contributed by atoms with Gasteiger partial charge >= 0.3 is 0 Å². The van der Waals surface area contributed by atoms with E-state index in [0.29, 0.717) is 6.73 Å². The standard InChI is InChI=1S/C14H17NO/c1-3-16-11-15-10-14(9-12(15)2)13-7-5-4-6-8-13/h4-10H,3,11H2,1-2H3. The fraction of sp³-hybridized carbons (Fsp3) is 0.286.